The topological polar surface area (TPSA) is 93.7 Å². The van der Waals surface area contributed by atoms with Crippen molar-refractivity contribution < 1.29 is 9.53 Å². The third kappa shape index (κ3) is 2.28. The lowest BCUT2D eigenvalue weighted by atomic mass is 10.1. The Kier molecular flexibility index (Phi) is 3.43. The molecule has 0 radical (unpaired) electrons. The highest BCUT2D eigenvalue weighted by atomic mass is 32.1. The summed E-state index contributed by atoms with van der Waals surface area (Å²) in [6, 6.07) is 3.88. The Balaban J connectivity index is 1.79. The van der Waals surface area contributed by atoms with Crippen molar-refractivity contribution in [3.8, 4) is 11.1 Å². The largest absolute Gasteiger partial charge is 0.457 e. The Morgan fingerprint density at radius 1 is 1.55 bits per heavy atom. The third-order valence-electron chi connectivity index (χ3n) is 3.30. The smallest absolute Gasteiger partial charge is 0.341 e. The highest BCUT2D eigenvalue weighted by Gasteiger charge is 2.31. The van der Waals surface area contributed by atoms with E-state index < -0.39 is 5.97 Å². The Hall–Kier alpha value is -2.27. The van der Waals surface area contributed by atoms with Crippen LogP contribution < -0.4 is 0 Å². The van der Waals surface area contributed by atoms with Gasteiger partial charge in [-0.2, -0.15) is 9.94 Å². The Morgan fingerprint density at radius 3 is 3.20 bits per heavy atom. The molecule has 2 atom stereocenters. The van der Waals surface area contributed by atoms with E-state index in [1.54, 1.807) is 11.4 Å². The van der Waals surface area contributed by atoms with Crippen LogP contribution in [0.15, 0.2) is 17.8 Å². The van der Waals surface area contributed by atoms with Crippen molar-refractivity contribution in [1.82, 2.24) is 20.2 Å². The van der Waals surface area contributed by atoms with E-state index in [-0.39, 0.29) is 12.0 Å². The minimum Gasteiger partial charge on any atom is -0.457 e. The zero-order valence-electron chi connectivity index (χ0n) is 10.5. The van der Waals surface area contributed by atoms with Crippen LogP contribution in [0.1, 0.15) is 29.6 Å². The van der Waals surface area contributed by atoms with Gasteiger partial charge in [-0.3, -0.25) is 0 Å². The van der Waals surface area contributed by atoms with Crippen molar-refractivity contribution in [2.45, 2.75) is 25.4 Å². The van der Waals surface area contributed by atoms with Crippen LogP contribution in [0.5, 0.6) is 0 Å². The van der Waals surface area contributed by atoms with Gasteiger partial charge in [0, 0.05) is 0 Å². The second kappa shape index (κ2) is 5.38. The van der Waals surface area contributed by atoms with Crippen LogP contribution in [0.25, 0.3) is 5.00 Å². The molecular weight excluding hydrogens is 278 g/mol. The molecule has 0 bridgehead atoms. The van der Waals surface area contributed by atoms with Gasteiger partial charge >= 0.3 is 5.97 Å². The molecule has 1 saturated carbocycles. The SMILES string of the molecule is N#CC1CCCC1OC(=O)c1ccsc1-n1cnnn1. The van der Waals surface area contributed by atoms with Gasteiger partial charge in [-0.05, 0) is 41.1 Å². The lowest BCUT2D eigenvalue weighted by Gasteiger charge is -2.14. The van der Waals surface area contributed by atoms with Crippen LogP contribution in [-0.4, -0.2) is 32.3 Å². The fourth-order valence-corrected chi connectivity index (χ4v) is 3.11. The molecule has 0 N–H and O–H groups in total. The molecule has 102 valence electrons. The van der Waals surface area contributed by atoms with Crippen molar-refractivity contribution in [3.63, 3.8) is 0 Å². The first-order chi connectivity index (χ1) is 9.79. The van der Waals surface area contributed by atoms with Crippen molar-refractivity contribution in [3.05, 3.63) is 23.3 Å². The number of thiophene rings is 1. The maximum atomic E-state index is 12.2. The molecule has 2 aromatic heterocycles. The normalized spacial score (nSPS) is 21.6. The number of hydrogen-bond donors (Lipinski definition) is 0. The van der Waals surface area contributed by atoms with Gasteiger partial charge in [0.1, 0.15) is 17.4 Å². The predicted octanol–water partition coefficient (Wildman–Crippen LogP) is 1.57. The monoisotopic (exact) mass is 289 g/mol. The molecule has 0 aliphatic heterocycles. The van der Waals surface area contributed by atoms with Crippen LogP contribution in [0.2, 0.25) is 0 Å². The van der Waals surface area contributed by atoms with Crippen LogP contribution in [0, 0.1) is 17.2 Å². The number of nitriles is 1. The highest BCUT2D eigenvalue weighted by Crippen LogP contribution is 2.29. The number of esters is 1. The number of hydrogen-bond acceptors (Lipinski definition) is 7. The molecule has 0 aromatic carbocycles. The predicted molar refractivity (Wildman–Crippen MR) is 69.2 cm³/mol. The summed E-state index contributed by atoms with van der Waals surface area (Å²) in [5.41, 5.74) is 0.422. The van der Waals surface area contributed by atoms with Crippen molar-refractivity contribution >= 4 is 17.3 Å². The van der Waals surface area contributed by atoms with Gasteiger partial charge in [0.05, 0.1) is 17.6 Å². The Morgan fingerprint density at radius 2 is 2.45 bits per heavy atom. The average molecular weight is 289 g/mol. The number of tetrazole rings is 1. The lowest BCUT2D eigenvalue weighted by Crippen LogP contribution is -2.21. The fourth-order valence-electron chi connectivity index (χ4n) is 2.30. The summed E-state index contributed by atoms with van der Waals surface area (Å²) < 4.78 is 6.89. The molecule has 0 amide bonds. The van der Waals surface area contributed by atoms with Crippen LogP contribution in [0.3, 0.4) is 0 Å². The van der Waals surface area contributed by atoms with Gasteiger partial charge in [-0.15, -0.1) is 16.4 Å². The first-order valence-corrected chi connectivity index (χ1v) is 7.09. The van der Waals surface area contributed by atoms with Crippen LogP contribution in [0.4, 0.5) is 0 Å². The Labute approximate surface area is 118 Å². The molecule has 1 aliphatic carbocycles. The summed E-state index contributed by atoms with van der Waals surface area (Å²) in [6.45, 7) is 0. The molecule has 1 fully saturated rings. The van der Waals surface area contributed by atoms with Crippen molar-refractivity contribution in [2.75, 3.05) is 0 Å². The minimum atomic E-state index is -0.427. The van der Waals surface area contributed by atoms with E-state index in [0.717, 1.165) is 19.3 Å². The van der Waals surface area contributed by atoms with E-state index in [1.165, 1.54) is 22.3 Å². The molecule has 7 nitrogen and oxygen atoms in total. The number of carbonyl (C=O) groups is 1. The number of aromatic nitrogens is 4. The number of nitrogens with zero attached hydrogens (tertiary/aromatic N) is 5. The molecule has 1 aliphatic rings. The summed E-state index contributed by atoms with van der Waals surface area (Å²) in [4.78, 5) is 12.2. The van der Waals surface area contributed by atoms with E-state index >= 15 is 0 Å². The fraction of sp³-hybridized carbons (Fsp3) is 0.417. The third-order valence-corrected chi connectivity index (χ3v) is 4.20. The summed E-state index contributed by atoms with van der Waals surface area (Å²) in [6.07, 6.45) is 3.57. The molecule has 0 spiro atoms. The summed E-state index contributed by atoms with van der Waals surface area (Å²) >= 11 is 1.35. The van der Waals surface area contributed by atoms with Gasteiger partial charge < -0.3 is 4.74 Å². The maximum absolute atomic E-state index is 12.2. The van der Waals surface area contributed by atoms with Crippen molar-refractivity contribution in [1.29, 1.82) is 5.26 Å². The zero-order valence-corrected chi connectivity index (χ0v) is 11.3. The summed E-state index contributed by atoms with van der Waals surface area (Å²) in [5.74, 6) is -0.627. The standard InChI is InChI=1S/C12H11N5O2S/c13-6-8-2-1-3-10(8)19-12(18)9-4-5-20-11(9)17-7-14-15-16-17/h4-5,7-8,10H,1-3H2. The first-order valence-electron chi connectivity index (χ1n) is 6.21. The van der Waals surface area contributed by atoms with E-state index in [2.05, 4.69) is 21.6 Å². The Bertz CT molecular complexity index is 645. The summed E-state index contributed by atoms with van der Waals surface area (Å²) in [5, 5.41) is 22.3. The van der Waals surface area contributed by atoms with Gasteiger partial charge in [-0.25, -0.2) is 4.79 Å². The van der Waals surface area contributed by atoms with E-state index in [1.807, 2.05) is 0 Å². The molecule has 2 aromatic rings. The highest BCUT2D eigenvalue weighted by molar-refractivity contribution is 7.13. The van der Waals surface area contributed by atoms with Crippen molar-refractivity contribution in [2.24, 2.45) is 5.92 Å². The molecular formula is C12H11N5O2S. The van der Waals surface area contributed by atoms with E-state index in [0.29, 0.717) is 10.6 Å². The van der Waals surface area contributed by atoms with Gasteiger partial charge in [0.2, 0.25) is 0 Å². The molecule has 20 heavy (non-hydrogen) atoms. The minimum absolute atomic E-state index is 0.200. The second-order valence-corrected chi connectivity index (χ2v) is 5.40. The number of ether oxygens (including phenoxy) is 1. The quantitative estimate of drug-likeness (QED) is 0.796. The van der Waals surface area contributed by atoms with Crippen LogP contribution >= 0.6 is 11.3 Å². The molecule has 2 unspecified atom stereocenters. The van der Waals surface area contributed by atoms with E-state index in [9.17, 15) is 4.79 Å². The number of carbonyl (C=O) groups excluding carboxylic acids is 1. The van der Waals surface area contributed by atoms with Gasteiger partial charge in [0.25, 0.3) is 0 Å². The maximum Gasteiger partial charge on any atom is 0.341 e. The first kappa shape index (κ1) is 12.7. The lowest BCUT2D eigenvalue weighted by molar-refractivity contribution is 0.0260. The molecule has 8 heteroatoms. The molecule has 2 heterocycles. The van der Waals surface area contributed by atoms with Crippen LogP contribution in [-0.2, 0) is 4.74 Å². The average Bonchev–Trinajstić information content (AvgIpc) is 3.19. The van der Waals surface area contributed by atoms with E-state index in [4.69, 9.17) is 10.00 Å². The van der Waals surface area contributed by atoms with Gasteiger partial charge in [0.15, 0.2) is 0 Å². The second-order valence-electron chi connectivity index (χ2n) is 4.50. The van der Waals surface area contributed by atoms with Gasteiger partial charge in [-0.1, -0.05) is 0 Å². The molecule has 3 rings (SSSR count). The molecule has 0 saturated heterocycles. The zero-order chi connectivity index (χ0) is 13.9. The number of rotatable bonds is 3. The summed E-state index contributed by atoms with van der Waals surface area (Å²) in [7, 11) is 0.